The largest absolute Gasteiger partial charge is 0.504 e. The molecule has 0 saturated carbocycles. The lowest BCUT2D eigenvalue weighted by molar-refractivity contribution is -0.133. The number of phenolic OH excluding ortho intramolecular Hbond substituents is 2. The number of rotatable bonds is 3. The van der Waals surface area contributed by atoms with Gasteiger partial charge in [0.25, 0.3) is 11.1 Å². The van der Waals surface area contributed by atoms with Gasteiger partial charge >= 0.3 is 0 Å². The van der Waals surface area contributed by atoms with E-state index < -0.39 is 11.1 Å². The smallest absolute Gasteiger partial charge is 0.294 e. The van der Waals surface area contributed by atoms with Crippen LogP contribution in [0.5, 0.6) is 11.5 Å². The van der Waals surface area contributed by atoms with E-state index >= 15 is 0 Å². The molecule has 0 spiro atoms. The Hall–Kier alpha value is -2.48. The number of carbonyl (C=O) groups excluding carboxylic acids is 3. The number of hydrogen-bond donors (Lipinski definition) is 2. The first kappa shape index (κ1) is 15.9. The molecule has 8 heteroatoms. The van der Waals surface area contributed by atoms with Crippen LogP contribution in [0, 0.1) is 0 Å². The van der Waals surface area contributed by atoms with E-state index in [0.717, 1.165) is 16.7 Å². The molecule has 0 aromatic heterocycles. The molecule has 116 valence electrons. The van der Waals surface area contributed by atoms with Gasteiger partial charge in [0.1, 0.15) is 6.54 Å². The van der Waals surface area contributed by atoms with Crippen LogP contribution in [0.15, 0.2) is 23.1 Å². The number of phenols is 2. The van der Waals surface area contributed by atoms with Crippen molar-refractivity contribution in [1.82, 2.24) is 9.80 Å². The van der Waals surface area contributed by atoms with Crippen LogP contribution in [0.3, 0.4) is 0 Å². The highest BCUT2D eigenvalue weighted by Crippen LogP contribution is 2.33. The molecule has 1 fully saturated rings. The molecule has 0 aliphatic carbocycles. The van der Waals surface area contributed by atoms with Crippen LogP contribution in [-0.4, -0.2) is 57.7 Å². The van der Waals surface area contributed by atoms with Gasteiger partial charge in [-0.3, -0.25) is 19.3 Å². The summed E-state index contributed by atoms with van der Waals surface area (Å²) in [4.78, 5) is 37.9. The maximum atomic E-state index is 12.2. The third-order valence-electron chi connectivity index (χ3n) is 2.96. The molecule has 1 aliphatic rings. The summed E-state index contributed by atoms with van der Waals surface area (Å²) in [5.41, 5.74) is 0.458. The molecule has 7 nitrogen and oxygen atoms in total. The van der Waals surface area contributed by atoms with Crippen molar-refractivity contribution in [1.29, 1.82) is 0 Å². The molecule has 1 heterocycles. The zero-order valence-corrected chi connectivity index (χ0v) is 12.8. The Labute approximate surface area is 130 Å². The van der Waals surface area contributed by atoms with Crippen LogP contribution in [0.25, 0.3) is 6.08 Å². The minimum Gasteiger partial charge on any atom is -0.504 e. The number of amides is 3. The van der Waals surface area contributed by atoms with Crippen LogP contribution in [0.4, 0.5) is 4.79 Å². The van der Waals surface area contributed by atoms with Gasteiger partial charge in [-0.05, 0) is 35.5 Å². The molecule has 1 aromatic carbocycles. The van der Waals surface area contributed by atoms with Gasteiger partial charge in [0.2, 0.25) is 5.91 Å². The van der Waals surface area contributed by atoms with Gasteiger partial charge in [-0.25, -0.2) is 0 Å². The van der Waals surface area contributed by atoms with Gasteiger partial charge in [0.05, 0.1) is 4.91 Å². The highest BCUT2D eigenvalue weighted by atomic mass is 32.2. The van der Waals surface area contributed by atoms with Gasteiger partial charge in [-0.1, -0.05) is 6.07 Å². The molecule has 2 rings (SSSR count). The molecule has 0 radical (unpaired) electrons. The zero-order chi connectivity index (χ0) is 16.4. The lowest BCUT2D eigenvalue weighted by Crippen LogP contribution is -2.38. The van der Waals surface area contributed by atoms with Gasteiger partial charge in [-0.2, -0.15) is 0 Å². The summed E-state index contributed by atoms with van der Waals surface area (Å²) < 4.78 is 0. The van der Waals surface area contributed by atoms with Crippen LogP contribution in [-0.2, 0) is 9.59 Å². The Morgan fingerprint density at radius 2 is 1.95 bits per heavy atom. The second-order valence-corrected chi connectivity index (χ2v) is 5.80. The van der Waals surface area contributed by atoms with Crippen LogP contribution >= 0.6 is 11.8 Å². The fourth-order valence-electron chi connectivity index (χ4n) is 1.69. The summed E-state index contributed by atoms with van der Waals surface area (Å²) in [5.74, 6) is -1.51. The van der Waals surface area contributed by atoms with Crippen LogP contribution in [0.1, 0.15) is 5.56 Å². The summed E-state index contributed by atoms with van der Waals surface area (Å²) in [6, 6.07) is 4.04. The minimum absolute atomic E-state index is 0.154. The summed E-state index contributed by atoms with van der Waals surface area (Å²) in [5, 5.41) is 18.2. The third kappa shape index (κ3) is 3.22. The average Bonchev–Trinajstić information content (AvgIpc) is 2.70. The lowest BCUT2D eigenvalue weighted by Gasteiger charge is -2.15. The maximum absolute atomic E-state index is 12.2. The third-order valence-corrected chi connectivity index (χ3v) is 3.87. The molecule has 0 atom stereocenters. The molecule has 0 bridgehead atoms. The Bertz CT molecular complexity index is 684. The molecule has 2 N–H and O–H groups in total. The number of imide groups is 1. The van der Waals surface area contributed by atoms with Crippen molar-refractivity contribution in [3.05, 3.63) is 28.7 Å². The molecular weight excluding hydrogens is 308 g/mol. The van der Waals surface area contributed by atoms with Gasteiger partial charge in [0.15, 0.2) is 11.5 Å². The number of carbonyl (C=O) groups is 3. The topological polar surface area (TPSA) is 98.2 Å². The second-order valence-electron chi connectivity index (χ2n) is 4.80. The monoisotopic (exact) mass is 322 g/mol. The van der Waals surface area contributed by atoms with Crippen molar-refractivity contribution in [2.24, 2.45) is 0 Å². The first-order chi connectivity index (χ1) is 10.3. The molecular formula is C14H14N2O5S. The van der Waals surface area contributed by atoms with E-state index in [-0.39, 0.29) is 28.9 Å². The normalized spacial score (nSPS) is 16.5. The Morgan fingerprint density at radius 1 is 1.27 bits per heavy atom. The van der Waals surface area contributed by atoms with Crippen molar-refractivity contribution in [3.63, 3.8) is 0 Å². The predicted octanol–water partition coefficient (Wildman–Crippen LogP) is 1.22. The van der Waals surface area contributed by atoms with Crippen molar-refractivity contribution in [2.75, 3.05) is 20.6 Å². The van der Waals surface area contributed by atoms with E-state index in [9.17, 15) is 24.6 Å². The van der Waals surface area contributed by atoms with Gasteiger partial charge < -0.3 is 15.1 Å². The van der Waals surface area contributed by atoms with Gasteiger partial charge in [0, 0.05) is 14.1 Å². The SMILES string of the molecule is CN(C)C(=O)CN1C(=O)S/C(=C\c2ccc(O)c(O)c2)C1=O. The second kappa shape index (κ2) is 6.10. The highest BCUT2D eigenvalue weighted by molar-refractivity contribution is 8.18. The quantitative estimate of drug-likeness (QED) is 0.641. The number of hydrogen-bond acceptors (Lipinski definition) is 6. The Balaban J connectivity index is 2.22. The van der Waals surface area contributed by atoms with Crippen LogP contribution < -0.4 is 0 Å². The Kier molecular flexibility index (Phi) is 4.41. The van der Waals surface area contributed by atoms with Crippen molar-refractivity contribution in [2.45, 2.75) is 0 Å². The summed E-state index contributed by atoms with van der Waals surface area (Å²) in [6.07, 6.45) is 1.42. The minimum atomic E-state index is -0.558. The van der Waals surface area contributed by atoms with E-state index in [1.807, 2.05) is 0 Å². The molecule has 1 aliphatic heterocycles. The summed E-state index contributed by atoms with van der Waals surface area (Å²) in [6.45, 7) is -0.310. The zero-order valence-electron chi connectivity index (χ0n) is 11.9. The van der Waals surface area contributed by atoms with Crippen molar-refractivity contribution in [3.8, 4) is 11.5 Å². The molecule has 22 heavy (non-hydrogen) atoms. The number of likely N-dealkylation sites (N-methyl/N-ethyl adjacent to an activating group) is 1. The fraction of sp³-hybridized carbons (Fsp3) is 0.214. The number of aromatic hydroxyl groups is 2. The van der Waals surface area contributed by atoms with E-state index in [4.69, 9.17) is 0 Å². The molecule has 1 aromatic rings. The van der Waals surface area contributed by atoms with E-state index in [2.05, 4.69) is 0 Å². The highest BCUT2D eigenvalue weighted by Gasteiger charge is 2.36. The number of benzene rings is 1. The molecule has 1 saturated heterocycles. The predicted molar refractivity (Wildman–Crippen MR) is 81.1 cm³/mol. The van der Waals surface area contributed by atoms with Crippen molar-refractivity contribution < 1.29 is 24.6 Å². The lowest BCUT2D eigenvalue weighted by atomic mass is 10.2. The first-order valence-electron chi connectivity index (χ1n) is 6.27. The number of thioether (sulfide) groups is 1. The maximum Gasteiger partial charge on any atom is 0.294 e. The Morgan fingerprint density at radius 3 is 2.55 bits per heavy atom. The van der Waals surface area contributed by atoms with Gasteiger partial charge in [-0.15, -0.1) is 0 Å². The van der Waals surface area contributed by atoms with E-state index in [1.165, 1.54) is 43.3 Å². The standard InChI is InChI=1S/C14H14N2O5S/c1-15(2)12(19)7-16-13(20)11(22-14(16)21)6-8-3-4-9(17)10(18)5-8/h3-6,17-18H,7H2,1-2H3/b11-6-. The van der Waals surface area contributed by atoms with Crippen LogP contribution in [0.2, 0.25) is 0 Å². The number of nitrogens with zero attached hydrogens (tertiary/aromatic N) is 2. The average molecular weight is 322 g/mol. The molecule has 3 amide bonds. The van der Waals surface area contributed by atoms with E-state index in [1.54, 1.807) is 0 Å². The molecule has 0 unspecified atom stereocenters. The van der Waals surface area contributed by atoms with E-state index in [0.29, 0.717) is 5.56 Å². The summed E-state index contributed by atoms with van der Waals surface area (Å²) >= 11 is 0.724. The first-order valence-corrected chi connectivity index (χ1v) is 7.08. The fourth-order valence-corrected chi connectivity index (χ4v) is 2.53. The van der Waals surface area contributed by atoms with Crippen molar-refractivity contribution >= 4 is 34.9 Å². The summed E-state index contributed by atoms with van der Waals surface area (Å²) in [7, 11) is 3.08.